The lowest BCUT2D eigenvalue weighted by Gasteiger charge is -2.13. The number of sulfonamides is 1. The van der Waals surface area contributed by atoms with Gasteiger partial charge >= 0.3 is 0 Å². The van der Waals surface area contributed by atoms with Gasteiger partial charge in [-0.1, -0.05) is 31.4 Å². The average molecular weight is 306 g/mol. The molecule has 0 heterocycles. The van der Waals surface area contributed by atoms with Crippen molar-refractivity contribution >= 4 is 10.0 Å². The lowest BCUT2D eigenvalue weighted by molar-refractivity contribution is 0.564. The molecule has 114 valence electrons. The predicted molar refractivity (Wildman–Crippen MR) is 84.2 cm³/mol. The van der Waals surface area contributed by atoms with Crippen LogP contribution in [0.1, 0.15) is 38.2 Å². The molecule has 5 heteroatoms. The second kappa shape index (κ2) is 7.08. The van der Waals surface area contributed by atoms with Crippen molar-refractivity contribution < 1.29 is 8.42 Å². The number of terminal acetylenes is 1. The van der Waals surface area contributed by atoms with E-state index in [1.54, 1.807) is 12.1 Å². The van der Waals surface area contributed by atoms with Crippen molar-refractivity contribution in [1.29, 1.82) is 0 Å². The number of nitrogens with one attached hydrogen (secondary N) is 2. The summed E-state index contributed by atoms with van der Waals surface area (Å²) in [6.07, 6.45) is 9.31. The van der Waals surface area contributed by atoms with E-state index in [9.17, 15) is 8.42 Å². The molecule has 1 aliphatic carbocycles. The van der Waals surface area contributed by atoms with Gasteiger partial charge in [0.2, 0.25) is 10.0 Å². The molecule has 1 fully saturated rings. The zero-order valence-electron chi connectivity index (χ0n) is 12.3. The Morgan fingerprint density at radius 2 is 2.00 bits per heavy atom. The highest BCUT2D eigenvalue weighted by Crippen LogP contribution is 2.19. The fourth-order valence-corrected chi connectivity index (χ4v) is 3.25. The number of rotatable bonds is 8. The number of benzene rings is 1. The van der Waals surface area contributed by atoms with Crippen LogP contribution < -0.4 is 10.0 Å². The molecule has 0 saturated heterocycles. The fourth-order valence-electron chi connectivity index (χ4n) is 2.06. The van der Waals surface area contributed by atoms with E-state index < -0.39 is 16.1 Å². The predicted octanol–water partition coefficient (Wildman–Crippen LogP) is 2.02. The van der Waals surface area contributed by atoms with Crippen molar-refractivity contribution in [3.63, 3.8) is 0 Å². The van der Waals surface area contributed by atoms with Crippen molar-refractivity contribution in [2.24, 2.45) is 0 Å². The molecule has 1 saturated carbocycles. The van der Waals surface area contributed by atoms with Crippen LogP contribution in [0.4, 0.5) is 0 Å². The lowest BCUT2D eigenvalue weighted by Crippen LogP contribution is -2.33. The third-order valence-electron chi connectivity index (χ3n) is 3.48. The Morgan fingerprint density at radius 3 is 2.52 bits per heavy atom. The maximum Gasteiger partial charge on any atom is 0.241 e. The minimum atomic E-state index is -3.54. The van der Waals surface area contributed by atoms with E-state index in [0.717, 1.165) is 18.5 Å². The van der Waals surface area contributed by atoms with Crippen LogP contribution >= 0.6 is 0 Å². The van der Waals surface area contributed by atoms with Gasteiger partial charge in [-0.25, -0.2) is 8.42 Å². The highest BCUT2D eigenvalue weighted by atomic mass is 32.2. The summed E-state index contributed by atoms with van der Waals surface area (Å²) in [6.45, 7) is 2.75. The van der Waals surface area contributed by atoms with Gasteiger partial charge in [0.1, 0.15) is 0 Å². The molecule has 0 amide bonds. The second-order valence-electron chi connectivity index (χ2n) is 5.43. The van der Waals surface area contributed by atoms with Crippen molar-refractivity contribution in [2.75, 3.05) is 0 Å². The molecule has 0 bridgehead atoms. The van der Waals surface area contributed by atoms with Gasteiger partial charge < -0.3 is 5.32 Å². The zero-order chi connectivity index (χ0) is 15.3. The Labute approximate surface area is 127 Å². The Kier molecular flexibility index (Phi) is 5.40. The number of hydrogen-bond donors (Lipinski definition) is 2. The number of hydrogen-bond acceptors (Lipinski definition) is 3. The van der Waals surface area contributed by atoms with Crippen LogP contribution in [0, 0.1) is 12.3 Å². The molecule has 1 aromatic carbocycles. The van der Waals surface area contributed by atoms with E-state index in [1.807, 2.05) is 19.1 Å². The van der Waals surface area contributed by atoms with Crippen LogP contribution in [0.3, 0.4) is 0 Å². The van der Waals surface area contributed by atoms with Crippen molar-refractivity contribution in [3.8, 4) is 12.3 Å². The fraction of sp³-hybridized carbons (Fsp3) is 0.500. The molecule has 1 aromatic rings. The van der Waals surface area contributed by atoms with Crippen LogP contribution in [0.15, 0.2) is 29.2 Å². The summed E-state index contributed by atoms with van der Waals surface area (Å²) in [6, 6.07) is 7.14. The molecule has 0 aliphatic heterocycles. The van der Waals surface area contributed by atoms with Gasteiger partial charge in [-0.2, -0.15) is 4.72 Å². The van der Waals surface area contributed by atoms with Crippen molar-refractivity contribution in [1.82, 2.24) is 10.0 Å². The van der Waals surface area contributed by atoms with E-state index in [2.05, 4.69) is 16.0 Å². The van der Waals surface area contributed by atoms with Gasteiger partial charge in [-0.05, 0) is 37.0 Å². The van der Waals surface area contributed by atoms with E-state index in [-0.39, 0.29) is 4.90 Å². The summed E-state index contributed by atoms with van der Waals surface area (Å²) in [5, 5.41) is 3.40. The zero-order valence-corrected chi connectivity index (χ0v) is 13.1. The summed E-state index contributed by atoms with van der Waals surface area (Å²) in [4.78, 5) is 0.258. The molecule has 1 aliphatic rings. The molecule has 0 aromatic heterocycles. The van der Waals surface area contributed by atoms with Crippen LogP contribution in [-0.2, 0) is 16.6 Å². The minimum Gasteiger partial charge on any atom is -0.310 e. The molecule has 2 rings (SSSR count). The first kappa shape index (κ1) is 16.0. The standard InChI is InChI=1S/C16H22N2O2S/c1-3-5-14(4-2)18-21(19,20)16-10-6-13(7-11-16)12-17-15-8-9-15/h2,6-7,10-11,14-15,17-18H,3,5,8-9,12H2,1H3. The second-order valence-corrected chi connectivity index (χ2v) is 7.14. The Balaban J connectivity index is 2.00. The van der Waals surface area contributed by atoms with Gasteiger partial charge in [0.05, 0.1) is 10.9 Å². The van der Waals surface area contributed by atoms with Crippen molar-refractivity contribution in [3.05, 3.63) is 29.8 Å². The first-order chi connectivity index (χ1) is 10.0. The summed E-state index contributed by atoms with van der Waals surface area (Å²) in [7, 11) is -3.54. The van der Waals surface area contributed by atoms with Crippen LogP contribution in [0.2, 0.25) is 0 Å². The van der Waals surface area contributed by atoms with Gasteiger partial charge in [0.15, 0.2) is 0 Å². The van der Waals surface area contributed by atoms with E-state index >= 15 is 0 Å². The first-order valence-corrected chi connectivity index (χ1v) is 8.84. The van der Waals surface area contributed by atoms with E-state index in [0.29, 0.717) is 12.5 Å². The normalized spacial score (nSPS) is 16.4. The van der Waals surface area contributed by atoms with Crippen LogP contribution in [0.25, 0.3) is 0 Å². The van der Waals surface area contributed by atoms with Crippen LogP contribution in [0.5, 0.6) is 0 Å². The molecule has 1 unspecified atom stereocenters. The monoisotopic (exact) mass is 306 g/mol. The third kappa shape index (κ3) is 4.85. The van der Waals surface area contributed by atoms with Gasteiger partial charge in [0.25, 0.3) is 0 Å². The van der Waals surface area contributed by atoms with Crippen LogP contribution in [-0.4, -0.2) is 20.5 Å². The molecular formula is C16H22N2O2S. The smallest absolute Gasteiger partial charge is 0.241 e. The Hall–Kier alpha value is -1.35. The summed E-state index contributed by atoms with van der Waals surface area (Å²) in [5.41, 5.74) is 1.09. The maximum absolute atomic E-state index is 12.2. The molecular weight excluding hydrogens is 284 g/mol. The molecule has 4 nitrogen and oxygen atoms in total. The average Bonchev–Trinajstić information content (AvgIpc) is 3.29. The SMILES string of the molecule is C#CC(CCC)NS(=O)(=O)c1ccc(CNC2CC2)cc1. The lowest BCUT2D eigenvalue weighted by atomic mass is 10.2. The summed E-state index contributed by atoms with van der Waals surface area (Å²) < 4.78 is 27.0. The Bertz CT molecular complexity index is 598. The molecule has 21 heavy (non-hydrogen) atoms. The highest BCUT2D eigenvalue weighted by molar-refractivity contribution is 7.89. The van der Waals surface area contributed by atoms with E-state index in [1.165, 1.54) is 12.8 Å². The Morgan fingerprint density at radius 1 is 1.33 bits per heavy atom. The van der Waals surface area contributed by atoms with Gasteiger partial charge in [-0.15, -0.1) is 6.42 Å². The third-order valence-corrected chi connectivity index (χ3v) is 4.97. The van der Waals surface area contributed by atoms with Crippen molar-refractivity contribution in [2.45, 2.75) is 56.1 Å². The summed E-state index contributed by atoms with van der Waals surface area (Å²) >= 11 is 0. The largest absolute Gasteiger partial charge is 0.310 e. The maximum atomic E-state index is 12.2. The molecule has 2 N–H and O–H groups in total. The first-order valence-electron chi connectivity index (χ1n) is 7.36. The van der Waals surface area contributed by atoms with E-state index in [4.69, 9.17) is 6.42 Å². The minimum absolute atomic E-state index is 0.258. The molecule has 1 atom stereocenters. The molecule has 0 spiro atoms. The topological polar surface area (TPSA) is 58.2 Å². The van der Waals surface area contributed by atoms with Gasteiger partial charge in [0, 0.05) is 12.6 Å². The van der Waals surface area contributed by atoms with Gasteiger partial charge in [-0.3, -0.25) is 0 Å². The quantitative estimate of drug-likeness (QED) is 0.722. The molecule has 0 radical (unpaired) electrons. The summed E-state index contributed by atoms with van der Waals surface area (Å²) in [5.74, 6) is 2.48. The highest BCUT2D eigenvalue weighted by Gasteiger charge is 2.20.